The maximum absolute atomic E-state index is 12.0. The minimum absolute atomic E-state index is 0.132. The van der Waals surface area contributed by atoms with Gasteiger partial charge in [0, 0.05) is 23.4 Å². The van der Waals surface area contributed by atoms with E-state index < -0.39 is 10.8 Å². The van der Waals surface area contributed by atoms with Crippen molar-refractivity contribution in [2.24, 2.45) is 0 Å². The molecule has 0 atom stereocenters. The number of nitro groups is 1. The smallest absolute Gasteiger partial charge is 0.270 e. The minimum Gasteiger partial charge on any atom is -0.343 e. The van der Waals surface area contributed by atoms with Crippen molar-refractivity contribution in [3.8, 4) is 0 Å². The summed E-state index contributed by atoms with van der Waals surface area (Å²) in [5, 5.41) is 15.9. The van der Waals surface area contributed by atoms with Crippen LogP contribution in [0, 0.1) is 10.1 Å². The Kier molecular flexibility index (Phi) is 6.84. The lowest BCUT2D eigenvalue weighted by molar-refractivity contribution is -0.384. The van der Waals surface area contributed by atoms with E-state index in [1.807, 2.05) is 24.3 Å². The lowest BCUT2D eigenvalue weighted by Gasteiger charge is -2.08. The molecule has 0 bridgehead atoms. The zero-order valence-corrected chi connectivity index (χ0v) is 14.5. The van der Waals surface area contributed by atoms with Gasteiger partial charge in [-0.3, -0.25) is 19.7 Å². The lowest BCUT2D eigenvalue weighted by atomic mass is 10.1. The second kappa shape index (κ2) is 9.31. The zero-order valence-electron chi connectivity index (χ0n) is 14.5. The molecule has 2 amide bonds. The van der Waals surface area contributed by atoms with Crippen molar-refractivity contribution < 1.29 is 14.5 Å². The molecule has 0 fully saturated rings. The van der Waals surface area contributed by atoms with Crippen molar-refractivity contribution in [2.75, 3.05) is 11.9 Å². The Morgan fingerprint density at radius 2 is 1.85 bits per heavy atom. The van der Waals surface area contributed by atoms with E-state index in [1.165, 1.54) is 29.8 Å². The van der Waals surface area contributed by atoms with E-state index in [1.54, 1.807) is 0 Å². The first-order valence-corrected chi connectivity index (χ1v) is 8.41. The third-order valence-corrected chi connectivity index (χ3v) is 3.79. The van der Waals surface area contributed by atoms with Gasteiger partial charge in [-0.1, -0.05) is 31.5 Å². The fraction of sp³-hybridized carbons (Fsp3) is 0.263. The number of unbranched alkanes of at least 4 members (excludes halogenated alkanes) is 1. The summed E-state index contributed by atoms with van der Waals surface area (Å²) in [6.07, 6.45) is 3.25. The highest BCUT2D eigenvalue weighted by Gasteiger charge is 2.12. The lowest BCUT2D eigenvalue weighted by Crippen LogP contribution is -2.32. The number of aryl methyl sites for hydroxylation is 1. The molecule has 0 aromatic heterocycles. The summed E-state index contributed by atoms with van der Waals surface area (Å²) in [4.78, 5) is 34.1. The molecule has 0 saturated heterocycles. The average molecular weight is 355 g/mol. The van der Waals surface area contributed by atoms with Gasteiger partial charge in [0.15, 0.2) is 0 Å². The second-order valence-electron chi connectivity index (χ2n) is 5.84. The number of anilines is 1. The van der Waals surface area contributed by atoms with Gasteiger partial charge in [0.25, 0.3) is 11.6 Å². The van der Waals surface area contributed by atoms with Gasteiger partial charge in [-0.2, -0.15) is 0 Å². The molecule has 136 valence electrons. The number of nitrogens with zero attached hydrogens (tertiary/aromatic N) is 1. The van der Waals surface area contributed by atoms with Gasteiger partial charge >= 0.3 is 0 Å². The van der Waals surface area contributed by atoms with Crippen LogP contribution < -0.4 is 10.6 Å². The maximum Gasteiger partial charge on any atom is 0.270 e. The number of non-ortho nitro benzene ring substituents is 1. The van der Waals surface area contributed by atoms with Crippen LogP contribution in [-0.4, -0.2) is 23.3 Å². The van der Waals surface area contributed by atoms with E-state index in [0.29, 0.717) is 5.69 Å². The highest BCUT2D eigenvalue weighted by atomic mass is 16.6. The monoisotopic (exact) mass is 355 g/mol. The maximum atomic E-state index is 12.0. The van der Waals surface area contributed by atoms with Crippen LogP contribution in [0.25, 0.3) is 0 Å². The number of nitro benzene ring substituents is 1. The standard InChI is InChI=1S/C19H21N3O4/c1-2-3-5-14-8-10-16(11-9-14)21-18(23)13-20-19(24)15-6-4-7-17(12-15)22(25)26/h4,6-12H,2-3,5,13H2,1H3,(H,20,24)(H,21,23). The van der Waals surface area contributed by atoms with Gasteiger partial charge < -0.3 is 10.6 Å². The van der Waals surface area contributed by atoms with Crippen molar-refractivity contribution in [3.63, 3.8) is 0 Å². The third kappa shape index (κ3) is 5.70. The number of amides is 2. The topological polar surface area (TPSA) is 101 Å². The Morgan fingerprint density at radius 1 is 1.12 bits per heavy atom. The van der Waals surface area contributed by atoms with Crippen LogP contribution in [-0.2, 0) is 11.2 Å². The molecule has 7 heteroatoms. The summed E-state index contributed by atoms with van der Waals surface area (Å²) in [6.45, 7) is 1.91. The SMILES string of the molecule is CCCCc1ccc(NC(=O)CNC(=O)c2cccc([N+](=O)[O-])c2)cc1. The summed E-state index contributed by atoms with van der Waals surface area (Å²) < 4.78 is 0. The molecular weight excluding hydrogens is 334 g/mol. The molecule has 0 radical (unpaired) electrons. The van der Waals surface area contributed by atoms with E-state index in [-0.39, 0.29) is 23.7 Å². The highest BCUT2D eigenvalue weighted by Crippen LogP contribution is 2.13. The number of hydrogen-bond donors (Lipinski definition) is 2. The predicted octanol–water partition coefficient (Wildman–Crippen LogP) is 3.31. The molecule has 0 saturated carbocycles. The van der Waals surface area contributed by atoms with Gasteiger partial charge in [-0.05, 0) is 36.6 Å². The summed E-state index contributed by atoms with van der Waals surface area (Å²) in [5.41, 5.74) is 1.82. The Bertz CT molecular complexity index is 788. The molecule has 0 aliphatic heterocycles. The number of hydrogen-bond acceptors (Lipinski definition) is 4. The van der Waals surface area contributed by atoms with Gasteiger partial charge in [0.1, 0.15) is 0 Å². The van der Waals surface area contributed by atoms with Crippen molar-refractivity contribution in [2.45, 2.75) is 26.2 Å². The normalized spacial score (nSPS) is 10.2. The molecule has 2 aromatic carbocycles. The number of rotatable bonds is 8. The van der Waals surface area contributed by atoms with Crippen LogP contribution in [0.15, 0.2) is 48.5 Å². The molecule has 0 aliphatic rings. The predicted molar refractivity (Wildman–Crippen MR) is 99.1 cm³/mol. The van der Waals surface area contributed by atoms with Gasteiger partial charge in [0.05, 0.1) is 11.5 Å². The first-order valence-electron chi connectivity index (χ1n) is 8.41. The van der Waals surface area contributed by atoms with Crippen LogP contribution in [0.5, 0.6) is 0 Å². The van der Waals surface area contributed by atoms with E-state index in [2.05, 4.69) is 17.6 Å². The summed E-state index contributed by atoms with van der Waals surface area (Å²) in [7, 11) is 0. The molecular formula is C19H21N3O4. The van der Waals surface area contributed by atoms with E-state index >= 15 is 0 Å². The van der Waals surface area contributed by atoms with Crippen molar-refractivity contribution in [1.29, 1.82) is 0 Å². The molecule has 2 rings (SSSR count). The first kappa shape index (κ1) is 19.1. The Balaban J connectivity index is 1.85. The van der Waals surface area contributed by atoms with Gasteiger partial charge in [-0.25, -0.2) is 0 Å². The van der Waals surface area contributed by atoms with Gasteiger partial charge in [-0.15, -0.1) is 0 Å². The van der Waals surface area contributed by atoms with Crippen LogP contribution in [0.1, 0.15) is 35.7 Å². The largest absolute Gasteiger partial charge is 0.343 e. The average Bonchev–Trinajstić information content (AvgIpc) is 2.65. The second-order valence-corrected chi connectivity index (χ2v) is 5.84. The van der Waals surface area contributed by atoms with Crippen molar-refractivity contribution in [3.05, 3.63) is 69.8 Å². The number of carbonyl (C=O) groups is 2. The first-order chi connectivity index (χ1) is 12.5. The zero-order chi connectivity index (χ0) is 18.9. The molecule has 0 spiro atoms. The highest BCUT2D eigenvalue weighted by molar-refractivity contribution is 5.99. The fourth-order valence-corrected chi connectivity index (χ4v) is 2.36. The Hall–Kier alpha value is -3.22. The molecule has 7 nitrogen and oxygen atoms in total. The number of benzene rings is 2. The summed E-state index contributed by atoms with van der Waals surface area (Å²) >= 11 is 0. The van der Waals surface area contributed by atoms with Gasteiger partial charge in [0.2, 0.25) is 5.91 Å². The van der Waals surface area contributed by atoms with E-state index in [0.717, 1.165) is 19.3 Å². The molecule has 26 heavy (non-hydrogen) atoms. The molecule has 0 unspecified atom stereocenters. The number of nitrogens with one attached hydrogen (secondary N) is 2. The molecule has 0 aliphatic carbocycles. The quantitative estimate of drug-likeness (QED) is 0.560. The Morgan fingerprint density at radius 3 is 2.50 bits per heavy atom. The van der Waals surface area contributed by atoms with Crippen molar-refractivity contribution >= 4 is 23.2 Å². The summed E-state index contributed by atoms with van der Waals surface area (Å²) in [5.74, 6) is -0.913. The molecule has 2 N–H and O–H groups in total. The Labute approximate surface area is 151 Å². The summed E-state index contributed by atoms with van der Waals surface area (Å²) in [6, 6.07) is 12.9. The molecule has 0 heterocycles. The van der Waals surface area contributed by atoms with Crippen LogP contribution in [0.3, 0.4) is 0 Å². The van der Waals surface area contributed by atoms with Crippen LogP contribution >= 0.6 is 0 Å². The van der Waals surface area contributed by atoms with E-state index in [9.17, 15) is 19.7 Å². The van der Waals surface area contributed by atoms with Crippen LogP contribution in [0.4, 0.5) is 11.4 Å². The third-order valence-electron chi connectivity index (χ3n) is 3.79. The van der Waals surface area contributed by atoms with Crippen molar-refractivity contribution in [1.82, 2.24) is 5.32 Å². The minimum atomic E-state index is -0.576. The van der Waals surface area contributed by atoms with E-state index in [4.69, 9.17) is 0 Å². The molecule has 2 aromatic rings. The fourth-order valence-electron chi connectivity index (χ4n) is 2.36. The van der Waals surface area contributed by atoms with Crippen LogP contribution in [0.2, 0.25) is 0 Å². The number of carbonyl (C=O) groups excluding carboxylic acids is 2.